The van der Waals surface area contributed by atoms with Crippen molar-refractivity contribution in [1.29, 1.82) is 0 Å². The van der Waals surface area contributed by atoms with E-state index < -0.39 is 0 Å². The van der Waals surface area contributed by atoms with Crippen LogP contribution >= 0.6 is 0 Å². The van der Waals surface area contributed by atoms with Gasteiger partial charge in [-0.1, -0.05) is 25.3 Å². The van der Waals surface area contributed by atoms with Gasteiger partial charge in [0.05, 0.1) is 6.54 Å². The van der Waals surface area contributed by atoms with Gasteiger partial charge in [-0.05, 0) is 38.1 Å². The van der Waals surface area contributed by atoms with Crippen LogP contribution in [0.5, 0.6) is 0 Å². The molecule has 3 nitrogen and oxygen atoms in total. The van der Waals surface area contributed by atoms with Gasteiger partial charge in [-0.15, -0.1) is 0 Å². The zero-order valence-electron chi connectivity index (χ0n) is 11.4. The summed E-state index contributed by atoms with van der Waals surface area (Å²) in [6, 6.07) is 6.49. The van der Waals surface area contributed by atoms with Crippen LogP contribution in [0.4, 0.5) is 10.1 Å². The van der Waals surface area contributed by atoms with Crippen molar-refractivity contribution in [1.82, 2.24) is 4.90 Å². The molecule has 19 heavy (non-hydrogen) atoms. The summed E-state index contributed by atoms with van der Waals surface area (Å²) in [4.78, 5) is 14.0. The van der Waals surface area contributed by atoms with Gasteiger partial charge in [-0.2, -0.15) is 0 Å². The van der Waals surface area contributed by atoms with Crippen molar-refractivity contribution in [2.75, 3.05) is 18.9 Å². The first-order chi connectivity index (χ1) is 9.15. The van der Waals surface area contributed by atoms with Gasteiger partial charge in [-0.25, -0.2) is 4.39 Å². The summed E-state index contributed by atoms with van der Waals surface area (Å²) in [5, 5.41) is 2.73. The van der Waals surface area contributed by atoms with E-state index in [4.69, 9.17) is 0 Å². The molecular formula is C15H21FN2O. The molecule has 2 rings (SSSR count). The number of nitrogens with zero attached hydrogens (tertiary/aromatic N) is 1. The predicted molar refractivity (Wildman–Crippen MR) is 74.5 cm³/mol. The molecule has 1 aromatic rings. The van der Waals surface area contributed by atoms with Crippen molar-refractivity contribution in [2.24, 2.45) is 0 Å². The number of rotatable bonds is 4. The lowest BCUT2D eigenvalue weighted by atomic mass is 9.94. The van der Waals surface area contributed by atoms with Gasteiger partial charge in [0.1, 0.15) is 5.82 Å². The molecule has 1 fully saturated rings. The fraction of sp³-hybridized carbons (Fsp3) is 0.533. The molecule has 1 aliphatic rings. The van der Waals surface area contributed by atoms with Gasteiger partial charge >= 0.3 is 0 Å². The fourth-order valence-corrected chi connectivity index (χ4v) is 2.64. The molecule has 4 heteroatoms. The third kappa shape index (κ3) is 4.31. The highest BCUT2D eigenvalue weighted by molar-refractivity contribution is 5.92. The van der Waals surface area contributed by atoms with Gasteiger partial charge in [0.2, 0.25) is 5.91 Å². The van der Waals surface area contributed by atoms with Crippen molar-refractivity contribution in [3.63, 3.8) is 0 Å². The van der Waals surface area contributed by atoms with Crippen LogP contribution in [-0.4, -0.2) is 30.4 Å². The Hall–Kier alpha value is -1.42. The molecule has 0 spiro atoms. The molecule has 0 radical (unpaired) electrons. The van der Waals surface area contributed by atoms with Crippen LogP contribution in [-0.2, 0) is 4.79 Å². The SMILES string of the molecule is CN(CC(=O)Nc1cccc(F)c1)C1CCCCC1. The molecule has 0 saturated heterocycles. The molecule has 1 amide bonds. The molecule has 0 bridgehead atoms. The summed E-state index contributed by atoms with van der Waals surface area (Å²) in [5.41, 5.74) is 0.516. The van der Waals surface area contributed by atoms with E-state index in [2.05, 4.69) is 10.2 Å². The van der Waals surface area contributed by atoms with Crippen LogP contribution in [0.2, 0.25) is 0 Å². The third-order valence-corrected chi connectivity index (χ3v) is 3.70. The fourth-order valence-electron chi connectivity index (χ4n) is 2.64. The molecule has 1 aliphatic carbocycles. The van der Waals surface area contributed by atoms with Gasteiger partial charge in [0.25, 0.3) is 0 Å². The highest BCUT2D eigenvalue weighted by Crippen LogP contribution is 2.21. The van der Waals surface area contributed by atoms with E-state index in [9.17, 15) is 9.18 Å². The lowest BCUT2D eigenvalue weighted by Gasteiger charge is -2.30. The molecule has 0 heterocycles. The molecule has 0 unspecified atom stereocenters. The first kappa shape index (κ1) is 14.0. The number of benzene rings is 1. The number of likely N-dealkylation sites (N-methyl/N-ethyl adjacent to an activating group) is 1. The Morgan fingerprint density at radius 2 is 2.11 bits per heavy atom. The molecule has 0 aliphatic heterocycles. The number of carbonyl (C=O) groups is 1. The molecule has 1 aromatic carbocycles. The highest BCUT2D eigenvalue weighted by atomic mass is 19.1. The molecule has 0 aromatic heterocycles. The first-order valence-corrected chi connectivity index (χ1v) is 6.91. The Kier molecular flexibility index (Phi) is 4.91. The van der Waals surface area contributed by atoms with Gasteiger partial charge in [-0.3, -0.25) is 9.69 Å². The number of nitrogens with one attached hydrogen (secondary N) is 1. The van der Waals surface area contributed by atoms with Crippen molar-refractivity contribution in [3.8, 4) is 0 Å². The van der Waals surface area contributed by atoms with Gasteiger partial charge < -0.3 is 5.32 Å². The lowest BCUT2D eigenvalue weighted by Crippen LogP contribution is -2.39. The second kappa shape index (κ2) is 6.66. The minimum absolute atomic E-state index is 0.0846. The number of amides is 1. The summed E-state index contributed by atoms with van der Waals surface area (Å²) in [5.74, 6) is -0.419. The van der Waals surface area contributed by atoms with Gasteiger partial charge in [0.15, 0.2) is 0 Å². The first-order valence-electron chi connectivity index (χ1n) is 6.91. The second-order valence-electron chi connectivity index (χ2n) is 5.27. The van der Waals surface area contributed by atoms with Crippen LogP contribution in [0, 0.1) is 5.82 Å². The number of halogens is 1. The number of hydrogen-bond acceptors (Lipinski definition) is 2. The Balaban J connectivity index is 1.83. The quantitative estimate of drug-likeness (QED) is 0.906. The third-order valence-electron chi connectivity index (χ3n) is 3.70. The smallest absolute Gasteiger partial charge is 0.238 e. The van der Waals surface area contributed by atoms with E-state index in [1.54, 1.807) is 12.1 Å². The summed E-state index contributed by atoms with van der Waals surface area (Å²) in [6.45, 7) is 0.362. The number of anilines is 1. The summed E-state index contributed by atoms with van der Waals surface area (Å²) in [7, 11) is 1.99. The summed E-state index contributed by atoms with van der Waals surface area (Å²) >= 11 is 0. The van der Waals surface area contributed by atoms with Crippen LogP contribution in [0.3, 0.4) is 0 Å². The van der Waals surface area contributed by atoms with Crippen LogP contribution in [0.25, 0.3) is 0 Å². The predicted octanol–water partition coefficient (Wildman–Crippen LogP) is 3.03. The van der Waals surface area contributed by atoms with Crippen molar-refractivity contribution >= 4 is 11.6 Å². The number of hydrogen-bond donors (Lipinski definition) is 1. The largest absolute Gasteiger partial charge is 0.325 e. The monoisotopic (exact) mass is 264 g/mol. The molecule has 0 atom stereocenters. The maximum absolute atomic E-state index is 13.0. The Labute approximate surface area is 113 Å². The minimum atomic E-state index is -0.335. The average molecular weight is 264 g/mol. The minimum Gasteiger partial charge on any atom is -0.325 e. The van der Waals surface area contributed by atoms with E-state index in [1.807, 2.05) is 7.05 Å². The molecular weight excluding hydrogens is 243 g/mol. The van der Waals surface area contributed by atoms with Gasteiger partial charge in [0, 0.05) is 11.7 Å². The molecule has 1 N–H and O–H groups in total. The van der Waals surface area contributed by atoms with E-state index in [1.165, 1.54) is 44.2 Å². The molecule has 1 saturated carbocycles. The van der Waals surface area contributed by atoms with Crippen LogP contribution in [0.15, 0.2) is 24.3 Å². The van der Waals surface area contributed by atoms with E-state index in [0.29, 0.717) is 18.3 Å². The zero-order valence-corrected chi connectivity index (χ0v) is 11.4. The Bertz CT molecular complexity index is 430. The number of carbonyl (C=O) groups excluding carboxylic acids is 1. The van der Waals surface area contributed by atoms with E-state index in [0.717, 1.165) is 0 Å². The topological polar surface area (TPSA) is 32.3 Å². The summed E-state index contributed by atoms with van der Waals surface area (Å²) in [6.07, 6.45) is 6.15. The van der Waals surface area contributed by atoms with Crippen LogP contribution < -0.4 is 5.32 Å². The second-order valence-corrected chi connectivity index (χ2v) is 5.27. The maximum Gasteiger partial charge on any atom is 0.238 e. The standard InChI is InChI=1S/C15H21FN2O/c1-18(14-8-3-2-4-9-14)11-15(19)17-13-7-5-6-12(16)10-13/h5-7,10,14H,2-4,8-9,11H2,1H3,(H,17,19). The highest BCUT2D eigenvalue weighted by Gasteiger charge is 2.19. The normalized spacial score (nSPS) is 16.6. The zero-order chi connectivity index (χ0) is 13.7. The van der Waals surface area contributed by atoms with Crippen molar-refractivity contribution in [2.45, 2.75) is 38.1 Å². The van der Waals surface area contributed by atoms with Crippen LogP contribution in [0.1, 0.15) is 32.1 Å². The molecule has 104 valence electrons. The Morgan fingerprint density at radius 3 is 2.79 bits per heavy atom. The Morgan fingerprint density at radius 1 is 1.37 bits per heavy atom. The van der Waals surface area contributed by atoms with E-state index in [-0.39, 0.29) is 11.7 Å². The van der Waals surface area contributed by atoms with Crippen molar-refractivity contribution in [3.05, 3.63) is 30.1 Å². The van der Waals surface area contributed by atoms with Crippen molar-refractivity contribution < 1.29 is 9.18 Å². The average Bonchev–Trinajstić information content (AvgIpc) is 2.39. The van der Waals surface area contributed by atoms with E-state index >= 15 is 0 Å². The lowest BCUT2D eigenvalue weighted by molar-refractivity contribution is -0.117. The summed E-state index contributed by atoms with van der Waals surface area (Å²) < 4.78 is 13.0. The maximum atomic E-state index is 13.0.